The van der Waals surface area contributed by atoms with E-state index in [0.29, 0.717) is 24.3 Å². The van der Waals surface area contributed by atoms with Crippen LogP contribution in [0.3, 0.4) is 0 Å². The van der Waals surface area contributed by atoms with Crippen molar-refractivity contribution >= 4 is 60.2 Å². The number of halogens is 14. The van der Waals surface area contributed by atoms with Crippen LogP contribution >= 0.6 is 39.0 Å². The van der Waals surface area contributed by atoms with Crippen molar-refractivity contribution in [2.24, 2.45) is 0 Å². The standard InChI is InChI=1S/C14H10F6NP.C12H4ClF6P.ClH/c1-21(2)22(7-3-9(15)13(19)10(16)4-7)8-5-11(17)14(20)12(18)6-8;13-20(5-1-7(14)11(18)8(15)2-5)6-3-9(16)12(19)10(17)4-6;/h3-6H,1-2H3;1-4H;1H. The van der Waals surface area contributed by atoms with Crippen molar-refractivity contribution in [2.45, 2.75) is 0 Å². The van der Waals surface area contributed by atoms with Crippen LogP contribution in [0.5, 0.6) is 0 Å². The normalized spacial score (nSPS) is 11.1. The van der Waals surface area contributed by atoms with Gasteiger partial charge in [-0.2, -0.15) is 0 Å². The molecule has 1 nitrogen and oxygen atoms in total. The molecule has 0 radical (unpaired) electrons. The summed E-state index contributed by atoms with van der Waals surface area (Å²) in [7, 11) is -0.805. The lowest BCUT2D eigenvalue weighted by Crippen LogP contribution is -2.25. The maximum Gasteiger partial charge on any atom is 0.194 e. The molecule has 4 aromatic carbocycles. The fourth-order valence-electron chi connectivity index (χ4n) is 3.40. The maximum absolute atomic E-state index is 13.4. The summed E-state index contributed by atoms with van der Waals surface area (Å²) in [5, 5.41) is -0.379. The summed E-state index contributed by atoms with van der Waals surface area (Å²) in [5.74, 6) is -18.2. The lowest BCUT2D eigenvalue weighted by Gasteiger charge is -2.25. The Kier molecular flexibility index (Phi) is 12.7. The molecule has 0 aliphatic carbocycles. The van der Waals surface area contributed by atoms with Crippen LogP contribution in [0.4, 0.5) is 52.7 Å². The number of rotatable bonds is 5. The Bertz CT molecular complexity index is 1430. The third kappa shape index (κ3) is 8.34. The number of hydrogen-bond acceptors (Lipinski definition) is 1. The molecule has 0 bridgehead atoms. The van der Waals surface area contributed by atoms with Gasteiger partial charge >= 0.3 is 0 Å². The summed E-state index contributed by atoms with van der Waals surface area (Å²) in [6.45, 7) is 0. The first-order valence-corrected chi connectivity index (χ1v) is 14.6. The summed E-state index contributed by atoms with van der Waals surface area (Å²) in [6.07, 6.45) is 0. The average molecular weight is 702 g/mol. The smallest absolute Gasteiger partial charge is 0.194 e. The molecule has 0 heterocycles. The van der Waals surface area contributed by atoms with Crippen LogP contribution in [0.15, 0.2) is 48.5 Å². The molecular weight excluding hydrogens is 687 g/mol. The molecule has 4 aromatic rings. The molecular formula is C26H15Cl2F12NP2. The molecule has 0 saturated heterocycles. The van der Waals surface area contributed by atoms with Gasteiger partial charge in [-0.25, -0.2) is 52.7 Å². The van der Waals surface area contributed by atoms with Crippen molar-refractivity contribution in [3.63, 3.8) is 0 Å². The molecule has 0 unspecified atom stereocenters. The minimum atomic E-state index is -2.08. The quantitative estimate of drug-likeness (QED) is 0.116. The van der Waals surface area contributed by atoms with Crippen LogP contribution in [-0.2, 0) is 0 Å². The van der Waals surface area contributed by atoms with Crippen LogP contribution < -0.4 is 21.2 Å². The van der Waals surface area contributed by atoms with E-state index in [4.69, 9.17) is 11.2 Å². The van der Waals surface area contributed by atoms with Crippen LogP contribution in [0.25, 0.3) is 0 Å². The second kappa shape index (κ2) is 14.9. The van der Waals surface area contributed by atoms with Gasteiger partial charge in [0.05, 0.1) is 7.27 Å². The van der Waals surface area contributed by atoms with Gasteiger partial charge in [0.2, 0.25) is 0 Å². The predicted molar refractivity (Wildman–Crippen MR) is 144 cm³/mol. The minimum absolute atomic E-state index is 0. The summed E-state index contributed by atoms with van der Waals surface area (Å²) in [6, 6.07) is 5.50. The Morgan fingerprint density at radius 1 is 0.419 bits per heavy atom. The van der Waals surface area contributed by atoms with Crippen molar-refractivity contribution < 1.29 is 52.7 Å². The van der Waals surface area contributed by atoms with Crippen molar-refractivity contribution in [1.82, 2.24) is 4.67 Å². The third-order valence-corrected chi connectivity index (χ3v) is 10.1. The van der Waals surface area contributed by atoms with Gasteiger partial charge in [-0.3, -0.25) is 4.67 Å². The minimum Gasteiger partial charge on any atom is -0.281 e. The summed E-state index contributed by atoms with van der Waals surface area (Å²) in [5.41, 5.74) is 0. The number of nitrogens with zero attached hydrogens (tertiary/aromatic N) is 1. The maximum atomic E-state index is 13.4. The molecule has 0 fully saturated rings. The Labute approximate surface area is 249 Å². The zero-order chi connectivity index (χ0) is 31.6. The molecule has 0 atom stereocenters. The second-order valence-electron chi connectivity index (χ2n) is 8.33. The third-order valence-electron chi connectivity index (χ3n) is 5.22. The fourth-order valence-corrected chi connectivity index (χ4v) is 7.35. The molecule has 232 valence electrons. The van der Waals surface area contributed by atoms with Gasteiger partial charge in [0.1, 0.15) is 0 Å². The monoisotopic (exact) mass is 701 g/mol. The van der Waals surface area contributed by atoms with Crippen molar-refractivity contribution in [3.8, 4) is 0 Å². The highest BCUT2D eigenvalue weighted by Crippen LogP contribution is 2.40. The van der Waals surface area contributed by atoms with E-state index in [0.717, 1.165) is 24.3 Å². The Morgan fingerprint density at radius 3 is 0.791 bits per heavy atom. The van der Waals surface area contributed by atoms with Crippen LogP contribution in [0.2, 0.25) is 0 Å². The van der Waals surface area contributed by atoms with Gasteiger partial charge in [0, 0.05) is 29.3 Å². The molecule has 43 heavy (non-hydrogen) atoms. The van der Waals surface area contributed by atoms with Crippen LogP contribution in [-0.4, -0.2) is 18.8 Å². The Balaban J connectivity index is 0.000000295. The van der Waals surface area contributed by atoms with Gasteiger partial charge in [-0.15, -0.1) is 12.4 Å². The van der Waals surface area contributed by atoms with Gasteiger partial charge in [-0.1, -0.05) is 11.2 Å². The van der Waals surface area contributed by atoms with E-state index in [1.165, 1.54) is 18.8 Å². The second-order valence-corrected chi connectivity index (χ2v) is 13.4. The van der Waals surface area contributed by atoms with Gasteiger partial charge in [0.15, 0.2) is 69.8 Å². The lowest BCUT2D eigenvalue weighted by atomic mass is 10.3. The van der Waals surface area contributed by atoms with E-state index < -0.39 is 85.2 Å². The highest BCUT2D eigenvalue weighted by molar-refractivity contribution is 7.95. The first kappa shape index (κ1) is 36.6. The van der Waals surface area contributed by atoms with Crippen LogP contribution in [0.1, 0.15) is 0 Å². The first-order valence-electron chi connectivity index (χ1n) is 11.0. The molecule has 0 aromatic heterocycles. The predicted octanol–water partition coefficient (Wildman–Crippen LogP) is 7.96. The van der Waals surface area contributed by atoms with E-state index in [2.05, 4.69) is 0 Å². The van der Waals surface area contributed by atoms with Crippen molar-refractivity contribution in [1.29, 1.82) is 0 Å². The lowest BCUT2D eigenvalue weighted by molar-refractivity contribution is 0.448. The number of benzene rings is 4. The molecule has 0 aliphatic heterocycles. The average Bonchev–Trinajstić information content (AvgIpc) is 2.91. The highest BCUT2D eigenvalue weighted by atomic mass is 35.7. The van der Waals surface area contributed by atoms with Crippen LogP contribution in [0, 0.1) is 69.8 Å². The SMILES string of the molecule is CN(C)P(c1cc(F)c(F)c(F)c1)c1cc(F)c(F)c(F)c1.Cl.Fc1cc(P(Cl)c2cc(F)c(F)c(F)c2)cc(F)c1F. The van der Waals surface area contributed by atoms with Crippen molar-refractivity contribution in [2.75, 3.05) is 14.1 Å². The van der Waals surface area contributed by atoms with E-state index >= 15 is 0 Å². The highest BCUT2D eigenvalue weighted by Gasteiger charge is 2.24. The molecule has 0 N–H and O–H groups in total. The van der Waals surface area contributed by atoms with Gasteiger partial charge in [-0.05, 0) is 62.6 Å². The molecule has 0 saturated carbocycles. The van der Waals surface area contributed by atoms with E-state index in [1.54, 1.807) is 0 Å². The zero-order valence-electron chi connectivity index (χ0n) is 21.3. The molecule has 17 heteroatoms. The summed E-state index contributed by atoms with van der Waals surface area (Å²) < 4.78 is 159. The molecule has 0 spiro atoms. The Hall–Kier alpha value is -2.56. The molecule has 0 amide bonds. The summed E-state index contributed by atoms with van der Waals surface area (Å²) in [4.78, 5) is 0. The zero-order valence-corrected chi connectivity index (χ0v) is 24.6. The van der Waals surface area contributed by atoms with Gasteiger partial charge < -0.3 is 0 Å². The van der Waals surface area contributed by atoms with E-state index in [-0.39, 0.29) is 33.6 Å². The van der Waals surface area contributed by atoms with Gasteiger partial charge in [0.25, 0.3) is 0 Å². The van der Waals surface area contributed by atoms with E-state index in [1.807, 2.05) is 0 Å². The summed E-state index contributed by atoms with van der Waals surface area (Å²) >= 11 is 5.88. The van der Waals surface area contributed by atoms with Crippen molar-refractivity contribution in [3.05, 3.63) is 118 Å². The Morgan fingerprint density at radius 2 is 0.605 bits per heavy atom. The fraction of sp³-hybridized carbons (Fsp3) is 0.0769. The number of hydrogen-bond donors (Lipinski definition) is 0. The van der Waals surface area contributed by atoms with E-state index in [9.17, 15) is 52.7 Å². The first-order chi connectivity index (χ1) is 19.5. The largest absolute Gasteiger partial charge is 0.281 e. The molecule has 0 aliphatic rings. The topological polar surface area (TPSA) is 3.24 Å². The molecule has 4 rings (SSSR count).